The number of carbonyl (C=O) groups excluding carboxylic acids is 1. The highest BCUT2D eigenvalue weighted by atomic mass is 16.2. The zero-order valence-corrected chi connectivity index (χ0v) is 16.9. The van der Waals surface area contributed by atoms with Gasteiger partial charge in [0.25, 0.3) is 0 Å². The van der Waals surface area contributed by atoms with E-state index in [0.29, 0.717) is 13.1 Å². The minimum atomic E-state index is -0.0423. The normalized spacial score (nSPS) is 16.0. The van der Waals surface area contributed by atoms with Crippen LogP contribution in [-0.2, 0) is 24.3 Å². The Balaban J connectivity index is 1.49. The Kier molecular flexibility index (Phi) is 5.43. The van der Waals surface area contributed by atoms with Crippen LogP contribution in [0.1, 0.15) is 49.8 Å². The molecule has 0 saturated heterocycles. The van der Waals surface area contributed by atoms with Gasteiger partial charge in [-0.25, -0.2) is 4.79 Å². The number of nitrogen functional groups attached to an aromatic ring is 1. The van der Waals surface area contributed by atoms with E-state index in [1.54, 1.807) is 9.13 Å². The molecule has 1 atom stereocenters. The summed E-state index contributed by atoms with van der Waals surface area (Å²) in [5.74, 6) is -0.0288. The lowest BCUT2D eigenvalue weighted by Crippen LogP contribution is -2.32. The van der Waals surface area contributed by atoms with Crippen LogP contribution in [0.5, 0.6) is 0 Å². The van der Waals surface area contributed by atoms with Gasteiger partial charge in [-0.2, -0.15) is 0 Å². The van der Waals surface area contributed by atoms with Crippen molar-refractivity contribution in [1.82, 2.24) is 14.5 Å². The van der Waals surface area contributed by atoms with Gasteiger partial charge in [0, 0.05) is 25.2 Å². The second-order valence-electron chi connectivity index (χ2n) is 7.80. The third kappa shape index (κ3) is 3.79. The van der Waals surface area contributed by atoms with Gasteiger partial charge in [0.05, 0.1) is 17.1 Å². The van der Waals surface area contributed by atoms with E-state index in [2.05, 4.69) is 12.2 Å². The molecule has 3 N–H and O–H groups in total. The first-order valence-corrected chi connectivity index (χ1v) is 10.4. The highest BCUT2D eigenvalue weighted by Gasteiger charge is 2.22. The molecule has 1 aromatic heterocycles. The Hall–Kier alpha value is -3.02. The smallest absolute Gasteiger partial charge is 0.329 e. The van der Waals surface area contributed by atoms with Crippen molar-refractivity contribution >= 4 is 22.6 Å². The van der Waals surface area contributed by atoms with Crippen LogP contribution in [0.4, 0.5) is 5.69 Å². The van der Waals surface area contributed by atoms with Gasteiger partial charge in [-0.15, -0.1) is 0 Å². The van der Waals surface area contributed by atoms with Gasteiger partial charge >= 0.3 is 5.69 Å². The number of aromatic nitrogens is 2. The van der Waals surface area contributed by atoms with E-state index in [1.807, 2.05) is 42.5 Å². The quantitative estimate of drug-likeness (QED) is 0.631. The number of imidazole rings is 1. The molecule has 1 aliphatic rings. The molecule has 1 unspecified atom stereocenters. The number of nitrogens with one attached hydrogen (secondary N) is 1. The molecule has 152 valence electrons. The fraction of sp³-hybridized carbons (Fsp3) is 0.391. The van der Waals surface area contributed by atoms with Gasteiger partial charge in [-0.3, -0.25) is 13.9 Å². The van der Waals surface area contributed by atoms with Crippen LogP contribution >= 0.6 is 0 Å². The largest absolute Gasteiger partial charge is 0.399 e. The molecular formula is C23H28N4O2. The monoisotopic (exact) mass is 392 g/mol. The summed E-state index contributed by atoms with van der Waals surface area (Å²) in [6.45, 7) is 3.12. The number of nitrogens with two attached hydrogens (primary N) is 1. The summed E-state index contributed by atoms with van der Waals surface area (Å²) in [5.41, 5.74) is 10.8. The lowest BCUT2D eigenvalue weighted by atomic mass is 9.87. The van der Waals surface area contributed by atoms with E-state index in [-0.39, 0.29) is 24.1 Å². The fourth-order valence-electron chi connectivity index (χ4n) is 4.39. The summed E-state index contributed by atoms with van der Waals surface area (Å²) < 4.78 is 3.52. The van der Waals surface area contributed by atoms with Gasteiger partial charge in [0.2, 0.25) is 5.91 Å². The maximum absolute atomic E-state index is 12.9. The number of anilines is 1. The molecule has 3 aromatic rings. The first-order valence-electron chi connectivity index (χ1n) is 10.4. The van der Waals surface area contributed by atoms with Gasteiger partial charge in [0.15, 0.2) is 0 Å². The predicted molar refractivity (Wildman–Crippen MR) is 116 cm³/mol. The molecular weight excluding hydrogens is 364 g/mol. The number of nitrogens with zero attached hydrogens (tertiary/aromatic N) is 2. The Morgan fingerprint density at radius 3 is 2.59 bits per heavy atom. The number of amides is 1. The molecule has 1 amide bonds. The molecule has 4 rings (SSSR count). The van der Waals surface area contributed by atoms with Crippen molar-refractivity contribution < 1.29 is 4.79 Å². The molecule has 2 aromatic carbocycles. The number of hydrogen-bond acceptors (Lipinski definition) is 3. The number of para-hydroxylation sites is 2. The molecule has 29 heavy (non-hydrogen) atoms. The predicted octanol–water partition coefficient (Wildman–Crippen LogP) is 3.38. The lowest BCUT2D eigenvalue weighted by molar-refractivity contribution is -0.122. The Bertz CT molecular complexity index is 1100. The summed E-state index contributed by atoms with van der Waals surface area (Å²) in [5, 5.41) is 3.16. The number of fused-ring (bicyclic) bond motifs is 2. The van der Waals surface area contributed by atoms with E-state index in [1.165, 1.54) is 5.56 Å². The Morgan fingerprint density at radius 1 is 1.14 bits per heavy atom. The van der Waals surface area contributed by atoms with Crippen molar-refractivity contribution in [2.24, 2.45) is 0 Å². The summed E-state index contributed by atoms with van der Waals surface area (Å²) in [4.78, 5) is 25.5. The van der Waals surface area contributed by atoms with Crippen LogP contribution in [0.2, 0.25) is 0 Å². The molecule has 0 saturated carbocycles. The summed E-state index contributed by atoms with van der Waals surface area (Å²) >= 11 is 0. The van der Waals surface area contributed by atoms with Crippen molar-refractivity contribution in [3.63, 3.8) is 0 Å². The van der Waals surface area contributed by atoms with Crippen LogP contribution in [0, 0.1) is 0 Å². The molecule has 0 fully saturated rings. The second-order valence-corrected chi connectivity index (χ2v) is 7.80. The van der Waals surface area contributed by atoms with Crippen LogP contribution < -0.4 is 16.7 Å². The molecule has 0 radical (unpaired) electrons. The topological polar surface area (TPSA) is 82.0 Å². The first kappa shape index (κ1) is 19.3. The third-order valence-electron chi connectivity index (χ3n) is 5.75. The number of rotatable bonds is 6. The van der Waals surface area contributed by atoms with Crippen LogP contribution in [0.25, 0.3) is 11.0 Å². The van der Waals surface area contributed by atoms with Crippen LogP contribution in [0.15, 0.2) is 47.3 Å². The van der Waals surface area contributed by atoms with E-state index in [0.717, 1.165) is 48.0 Å². The zero-order valence-electron chi connectivity index (χ0n) is 16.9. The molecule has 0 aliphatic heterocycles. The van der Waals surface area contributed by atoms with Crippen molar-refractivity contribution in [2.75, 3.05) is 5.73 Å². The molecule has 6 nitrogen and oxygen atoms in total. The number of benzene rings is 2. The third-order valence-corrected chi connectivity index (χ3v) is 5.75. The first-order chi connectivity index (χ1) is 14.1. The average molecular weight is 393 g/mol. The summed E-state index contributed by atoms with van der Waals surface area (Å²) in [7, 11) is 0. The average Bonchev–Trinajstić information content (AvgIpc) is 2.98. The minimum Gasteiger partial charge on any atom is -0.399 e. The number of hydrogen-bond donors (Lipinski definition) is 2. The lowest BCUT2D eigenvalue weighted by Gasteiger charge is -2.26. The number of aryl methyl sites for hydroxylation is 3. The van der Waals surface area contributed by atoms with E-state index < -0.39 is 0 Å². The molecule has 0 bridgehead atoms. The van der Waals surface area contributed by atoms with Crippen molar-refractivity contribution in [3.05, 3.63) is 64.1 Å². The van der Waals surface area contributed by atoms with Crippen molar-refractivity contribution in [1.29, 1.82) is 0 Å². The zero-order chi connectivity index (χ0) is 20.4. The van der Waals surface area contributed by atoms with Crippen molar-refractivity contribution in [3.8, 4) is 0 Å². The van der Waals surface area contributed by atoms with Gasteiger partial charge in [0.1, 0.15) is 0 Å². The molecule has 0 spiro atoms. The highest BCUT2D eigenvalue weighted by molar-refractivity contribution is 5.78. The molecule has 1 aliphatic carbocycles. The van der Waals surface area contributed by atoms with E-state index in [4.69, 9.17) is 5.73 Å². The maximum atomic E-state index is 12.9. The minimum absolute atomic E-state index is 0.0185. The summed E-state index contributed by atoms with van der Waals surface area (Å²) in [6, 6.07) is 13.7. The van der Waals surface area contributed by atoms with E-state index >= 15 is 0 Å². The van der Waals surface area contributed by atoms with Crippen LogP contribution in [0.3, 0.4) is 0 Å². The maximum Gasteiger partial charge on any atom is 0.329 e. The van der Waals surface area contributed by atoms with Gasteiger partial charge in [-0.05, 0) is 61.1 Å². The molecule has 6 heteroatoms. The van der Waals surface area contributed by atoms with Gasteiger partial charge < -0.3 is 11.1 Å². The van der Waals surface area contributed by atoms with Crippen molar-refractivity contribution in [2.45, 2.75) is 58.2 Å². The standard InChI is InChI=1S/C23H28N4O2/c1-2-13-26-20-8-3-4-9-21(20)27(23(26)29)14-12-22(28)25-19-7-5-6-16-15-17(24)10-11-18(16)19/h3-4,8-11,15,19H,2,5-7,12-14,24H2,1H3,(H,25,28). The van der Waals surface area contributed by atoms with Crippen LogP contribution in [-0.4, -0.2) is 15.0 Å². The fourth-order valence-corrected chi connectivity index (χ4v) is 4.39. The Labute approximate surface area is 170 Å². The highest BCUT2D eigenvalue weighted by Crippen LogP contribution is 2.31. The summed E-state index contributed by atoms with van der Waals surface area (Å²) in [6.07, 6.45) is 4.13. The van der Waals surface area contributed by atoms with E-state index in [9.17, 15) is 9.59 Å². The Morgan fingerprint density at radius 2 is 1.86 bits per heavy atom. The number of carbonyl (C=O) groups is 1. The SMILES string of the molecule is CCCn1c(=O)n(CCC(=O)NC2CCCc3cc(N)ccc32)c2ccccc21. The second kappa shape index (κ2) is 8.15. The van der Waals surface area contributed by atoms with Gasteiger partial charge in [-0.1, -0.05) is 25.1 Å². The molecule has 1 heterocycles.